The molecule has 2 N–H and O–H groups in total. The van der Waals surface area contributed by atoms with E-state index >= 15 is 0 Å². The maximum Gasteiger partial charge on any atom is 0.250 e. The molecule has 5 heteroatoms. The van der Waals surface area contributed by atoms with E-state index in [1.54, 1.807) is 18.3 Å². The quantitative estimate of drug-likeness (QED) is 0.820. The molecule has 0 atom stereocenters. The van der Waals surface area contributed by atoms with Crippen LogP contribution >= 0.6 is 0 Å². The van der Waals surface area contributed by atoms with Crippen LogP contribution in [0, 0.1) is 0 Å². The Balaban J connectivity index is 1.76. The van der Waals surface area contributed by atoms with Gasteiger partial charge in [0, 0.05) is 31.8 Å². The Morgan fingerprint density at radius 1 is 1.37 bits per heavy atom. The number of carbonyl (C=O) groups excluding carboxylic acids is 1. The number of nitrogens with one attached hydrogen (secondary N) is 1. The lowest BCUT2D eigenvalue weighted by Gasteiger charge is -2.22. The summed E-state index contributed by atoms with van der Waals surface area (Å²) in [5.74, 6) is -0.129. The van der Waals surface area contributed by atoms with Crippen molar-refractivity contribution in [3.63, 3.8) is 0 Å². The van der Waals surface area contributed by atoms with Gasteiger partial charge in [0.1, 0.15) is 0 Å². The number of aryl methyl sites for hydroxylation is 1. The Kier molecular flexibility index (Phi) is 4.37. The summed E-state index contributed by atoms with van der Waals surface area (Å²) in [4.78, 5) is 23.1. The van der Waals surface area contributed by atoms with Gasteiger partial charge >= 0.3 is 0 Å². The van der Waals surface area contributed by atoms with E-state index in [1.165, 1.54) is 10.6 Å². The molecule has 2 rings (SSSR count). The van der Waals surface area contributed by atoms with Gasteiger partial charge in [-0.3, -0.25) is 9.59 Å². The van der Waals surface area contributed by atoms with Crippen LogP contribution in [-0.4, -0.2) is 27.7 Å². The smallest absolute Gasteiger partial charge is 0.250 e. The summed E-state index contributed by atoms with van der Waals surface area (Å²) in [5, 5.41) is 12.9. The van der Waals surface area contributed by atoms with Crippen LogP contribution in [0.3, 0.4) is 0 Å². The molecule has 1 amide bonds. The van der Waals surface area contributed by atoms with E-state index in [9.17, 15) is 14.7 Å². The molecule has 1 aliphatic carbocycles. The Bertz CT molecular complexity index is 489. The molecule has 104 valence electrons. The zero-order valence-corrected chi connectivity index (χ0v) is 11.0. The van der Waals surface area contributed by atoms with Gasteiger partial charge < -0.3 is 15.0 Å². The number of rotatable bonds is 5. The largest absolute Gasteiger partial charge is 0.388 e. The van der Waals surface area contributed by atoms with Gasteiger partial charge in [-0.15, -0.1) is 0 Å². The van der Waals surface area contributed by atoms with Gasteiger partial charge in [0.15, 0.2) is 0 Å². The highest BCUT2D eigenvalue weighted by Gasteiger charge is 2.31. The number of aliphatic hydroxyl groups is 1. The van der Waals surface area contributed by atoms with Crippen molar-refractivity contribution in [1.82, 2.24) is 9.88 Å². The third-order valence-corrected chi connectivity index (χ3v) is 3.63. The third kappa shape index (κ3) is 3.92. The van der Waals surface area contributed by atoms with Crippen LogP contribution in [0.4, 0.5) is 0 Å². The molecule has 1 saturated carbocycles. The van der Waals surface area contributed by atoms with Gasteiger partial charge in [-0.1, -0.05) is 18.9 Å². The molecule has 1 aromatic heterocycles. The molecule has 0 saturated heterocycles. The fourth-order valence-electron chi connectivity index (χ4n) is 2.43. The van der Waals surface area contributed by atoms with E-state index in [-0.39, 0.29) is 17.9 Å². The molecule has 0 unspecified atom stereocenters. The van der Waals surface area contributed by atoms with Crippen LogP contribution in [0.15, 0.2) is 29.2 Å². The Labute approximate surface area is 112 Å². The van der Waals surface area contributed by atoms with Crippen molar-refractivity contribution in [3.8, 4) is 0 Å². The second-order valence-electron chi connectivity index (χ2n) is 5.19. The molecular weight excluding hydrogens is 244 g/mol. The SMILES string of the molecule is O=C(CCn1ccccc1=O)NCC1(O)CCCC1. The maximum atomic E-state index is 11.7. The lowest BCUT2D eigenvalue weighted by molar-refractivity contribution is -0.122. The highest BCUT2D eigenvalue weighted by molar-refractivity contribution is 5.75. The second-order valence-corrected chi connectivity index (χ2v) is 5.19. The second kappa shape index (κ2) is 6.02. The first kappa shape index (κ1) is 13.8. The topological polar surface area (TPSA) is 71.3 Å². The molecular formula is C14H20N2O3. The van der Waals surface area contributed by atoms with E-state index in [0.29, 0.717) is 13.1 Å². The van der Waals surface area contributed by atoms with Crippen LogP contribution in [0.1, 0.15) is 32.1 Å². The predicted molar refractivity (Wildman–Crippen MR) is 71.7 cm³/mol. The summed E-state index contributed by atoms with van der Waals surface area (Å²) in [6.07, 6.45) is 5.47. The van der Waals surface area contributed by atoms with Gasteiger partial charge in [0.25, 0.3) is 5.56 Å². The van der Waals surface area contributed by atoms with Gasteiger partial charge in [0.2, 0.25) is 5.91 Å². The maximum absolute atomic E-state index is 11.7. The summed E-state index contributed by atoms with van der Waals surface area (Å²) in [6, 6.07) is 4.91. The van der Waals surface area contributed by atoms with Crippen molar-refractivity contribution >= 4 is 5.91 Å². The van der Waals surface area contributed by atoms with E-state index in [2.05, 4.69) is 5.32 Å². The van der Waals surface area contributed by atoms with E-state index < -0.39 is 5.60 Å². The number of pyridine rings is 1. The molecule has 1 heterocycles. The monoisotopic (exact) mass is 264 g/mol. The minimum Gasteiger partial charge on any atom is -0.388 e. The molecule has 0 bridgehead atoms. The van der Waals surface area contributed by atoms with Crippen LogP contribution in [-0.2, 0) is 11.3 Å². The summed E-state index contributed by atoms with van der Waals surface area (Å²) in [7, 11) is 0. The molecule has 0 radical (unpaired) electrons. The lowest BCUT2D eigenvalue weighted by Crippen LogP contribution is -2.41. The van der Waals surface area contributed by atoms with Crippen molar-refractivity contribution in [3.05, 3.63) is 34.7 Å². The standard InChI is InChI=1S/C14H20N2O3/c17-12(15-11-14(19)7-2-3-8-14)6-10-16-9-4-1-5-13(16)18/h1,4-5,9,19H,2-3,6-8,10-11H2,(H,15,17). The van der Waals surface area contributed by atoms with Crippen LogP contribution in [0.2, 0.25) is 0 Å². The van der Waals surface area contributed by atoms with Gasteiger partial charge in [-0.05, 0) is 18.9 Å². The summed E-state index contributed by atoms with van der Waals surface area (Å²) in [5.41, 5.74) is -0.830. The highest BCUT2D eigenvalue weighted by atomic mass is 16.3. The summed E-state index contributed by atoms with van der Waals surface area (Å²) < 4.78 is 1.50. The third-order valence-electron chi connectivity index (χ3n) is 3.63. The normalized spacial score (nSPS) is 17.3. The zero-order valence-electron chi connectivity index (χ0n) is 11.0. The molecule has 0 aliphatic heterocycles. The average molecular weight is 264 g/mol. The minimum absolute atomic E-state index is 0.107. The van der Waals surface area contributed by atoms with Crippen molar-refractivity contribution in [2.45, 2.75) is 44.2 Å². The molecule has 1 aliphatic rings. The first-order valence-electron chi connectivity index (χ1n) is 6.74. The van der Waals surface area contributed by atoms with Gasteiger partial charge in [-0.2, -0.15) is 0 Å². The highest BCUT2D eigenvalue weighted by Crippen LogP contribution is 2.28. The molecule has 0 aromatic carbocycles. The molecule has 5 nitrogen and oxygen atoms in total. The van der Waals surface area contributed by atoms with Crippen molar-refractivity contribution < 1.29 is 9.90 Å². The van der Waals surface area contributed by atoms with E-state index in [4.69, 9.17) is 0 Å². The van der Waals surface area contributed by atoms with Gasteiger partial charge in [0.05, 0.1) is 5.60 Å². The fraction of sp³-hybridized carbons (Fsp3) is 0.571. The first-order valence-corrected chi connectivity index (χ1v) is 6.74. The Morgan fingerprint density at radius 2 is 2.11 bits per heavy atom. The number of hydrogen-bond donors (Lipinski definition) is 2. The van der Waals surface area contributed by atoms with Crippen molar-refractivity contribution in [2.75, 3.05) is 6.54 Å². The Morgan fingerprint density at radius 3 is 2.79 bits per heavy atom. The minimum atomic E-state index is -0.723. The van der Waals surface area contributed by atoms with Crippen molar-refractivity contribution in [1.29, 1.82) is 0 Å². The van der Waals surface area contributed by atoms with Gasteiger partial charge in [-0.25, -0.2) is 0 Å². The number of amides is 1. The Hall–Kier alpha value is -1.62. The summed E-state index contributed by atoms with van der Waals surface area (Å²) in [6.45, 7) is 0.680. The van der Waals surface area contributed by atoms with Crippen molar-refractivity contribution in [2.24, 2.45) is 0 Å². The molecule has 1 aromatic rings. The first-order chi connectivity index (χ1) is 9.09. The van der Waals surface area contributed by atoms with E-state index in [0.717, 1.165) is 25.7 Å². The summed E-state index contributed by atoms with van der Waals surface area (Å²) >= 11 is 0. The molecule has 19 heavy (non-hydrogen) atoms. The number of hydrogen-bond acceptors (Lipinski definition) is 3. The van der Waals surface area contributed by atoms with E-state index in [1.807, 2.05) is 0 Å². The van der Waals surface area contributed by atoms with Crippen LogP contribution in [0.25, 0.3) is 0 Å². The lowest BCUT2D eigenvalue weighted by atomic mass is 10.0. The zero-order chi connectivity index (χ0) is 13.7. The predicted octanol–water partition coefficient (Wildman–Crippen LogP) is 0.660. The fourth-order valence-corrected chi connectivity index (χ4v) is 2.43. The number of nitrogens with zero attached hydrogens (tertiary/aromatic N) is 1. The molecule has 0 spiro atoms. The molecule has 1 fully saturated rings. The average Bonchev–Trinajstić information content (AvgIpc) is 2.83. The van der Waals surface area contributed by atoms with Crippen LogP contribution in [0.5, 0.6) is 0 Å². The van der Waals surface area contributed by atoms with Crippen LogP contribution < -0.4 is 10.9 Å². The number of carbonyl (C=O) groups is 1. The number of aromatic nitrogens is 1.